The fourth-order valence-corrected chi connectivity index (χ4v) is 2.26. The van der Waals surface area contributed by atoms with Crippen LogP contribution in [0, 0.1) is 13.8 Å². The van der Waals surface area contributed by atoms with E-state index in [0.717, 1.165) is 26.9 Å². The molecule has 2 aromatic rings. The summed E-state index contributed by atoms with van der Waals surface area (Å²) >= 11 is 3.46. The summed E-state index contributed by atoms with van der Waals surface area (Å²) in [6, 6.07) is 13.5. The summed E-state index contributed by atoms with van der Waals surface area (Å²) in [4.78, 5) is 11.9. The van der Waals surface area contributed by atoms with Crippen LogP contribution in [0.15, 0.2) is 53.1 Å². The fraction of sp³-hybridized carbons (Fsp3) is 0.118. The van der Waals surface area contributed by atoms with Crippen LogP contribution in [-0.2, 0) is 0 Å². The van der Waals surface area contributed by atoms with Gasteiger partial charge in [-0.25, -0.2) is 4.79 Å². The van der Waals surface area contributed by atoms with Gasteiger partial charge in [0, 0.05) is 16.4 Å². The maximum absolute atomic E-state index is 11.9. The van der Waals surface area contributed by atoms with Crippen molar-refractivity contribution in [1.29, 1.82) is 0 Å². The molecule has 0 fully saturated rings. The third-order valence-corrected chi connectivity index (χ3v) is 3.75. The van der Waals surface area contributed by atoms with E-state index in [1.54, 1.807) is 6.20 Å². The average Bonchev–Trinajstić information content (AvgIpc) is 2.45. The van der Waals surface area contributed by atoms with Gasteiger partial charge in [-0.3, -0.25) is 0 Å². The number of carbonyl (C=O) groups is 1. The molecule has 0 atom stereocenters. The lowest BCUT2D eigenvalue weighted by Gasteiger charge is -2.08. The lowest BCUT2D eigenvalue weighted by Crippen LogP contribution is -2.24. The number of rotatable bonds is 3. The summed E-state index contributed by atoms with van der Waals surface area (Å²) in [6.07, 6.45) is 3.47. The molecule has 0 saturated heterocycles. The standard InChI is InChI=1S/C17H17BrN2O/c1-12-7-8-13(2)16(11-12)20-17(21)19-10-9-14-5-3-4-6-15(14)18/h3-11H,1-2H3,(H2,19,20,21)/b10-9+. The number of urea groups is 1. The van der Waals surface area contributed by atoms with Gasteiger partial charge in [0.25, 0.3) is 0 Å². The minimum Gasteiger partial charge on any atom is -0.314 e. The molecular formula is C17H17BrN2O. The summed E-state index contributed by atoms with van der Waals surface area (Å²) in [5.74, 6) is 0. The summed E-state index contributed by atoms with van der Waals surface area (Å²) in [6.45, 7) is 3.96. The first-order chi connectivity index (χ1) is 10.1. The molecule has 0 aliphatic rings. The zero-order valence-electron chi connectivity index (χ0n) is 12.0. The number of carbonyl (C=O) groups excluding carboxylic acids is 1. The van der Waals surface area contributed by atoms with Crippen molar-refractivity contribution < 1.29 is 4.79 Å². The third-order valence-electron chi connectivity index (χ3n) is 3.02. The monoisotopic (exact) mass is 344 g/mol. The molecule has 0 radical (unpaired) electrons. The van der Waals surface area contributed by atoms with Gasteiger partial charge >= 0.3 is 6.03 Å². The second-order valence-electron chi connectivity index (χ2n) is 4.77. The lowest BCUT2D eigenvalue weighted by molar-refractivity contribution is 0.255. The van der Waals surface area contributed by atoms with Gasteiger partial charge < -0.3 is 10.6 Å². The lowest BCUT2D eigenvalue weighted by atomic mass is 10.1. The zero-order valence-corrected chi connectivity index (χ0v) is 13.6. The molecule has 0 bridgehead atoms. The van der Waals surface area contributed by atoms with Crippen LogP contribution in [-0.4, -0.2) is 6.03 Å². The summed E-state index contributed by atoms with van der Waals surface area (Å²) in [7, 11) is 0. The van der Waals surface area contributed by atoms with Crippen molar-refractivity contribution in [1.82, 2.24) is 5.32 Å². The molecule has 21 heavy (non-hydrogen) atoms. The van der Waals surface area contributed by atoms with Crippen molar-refractivity contribution in [3.8, 4) is 0 Å². The van der Waals surface area contributed by atoms with Crippen molar-refractivity contribution >= 4 is 33.7 Å². The van der Waals surface area contributed by atoms with Gasteiger partial charge in [-0.2, -0.15) is 0 Å². The van der Waals surface area contributed by atoms with Crippen LogP contribution < -0.4 is 10.6 Å². The zero-order chi connectivity index (χ0) is 15.2. The molecule has 2 N–H and O–H groups in total. The Hall–Kier alpha value is -2.07. The van der Waals surface area contributed by atoms with Crippen molar-refractivity contribution in [2.45, 2.75) is 13.8 Å². The predicted octanol–water partition coefficient (Wildman–Crippen LogP) is 4.86. The number of nitrogens with one attached hydrogen (secondary N) is 2. The molecule has 0 saturated carbocycles. The molecule has 0 aromatic heterocycles. The van der Waals surface area contributed by atoms with Crippen LogP contribution in [0.2, 0.25) is 0 Å². The molecule has 2 amide bonds. The largest absolute Gasteiger partial charge is 0.323 e. The number of aryl methyl sites for hydroxylation is 2. The number of benzene rings is 2. The summed E-state index contributed by atoms with van der Waals surface area (Å²) in [5, 5.41) is 5.54. The highest BCUT2D eigenvalue weighted by molar-refractivity contribution is 9.10. The Morgan fingerprint density at radius 2 is 1.90 bits per heavy atom. The van der Waals surface area contributed by atoms with E-state index in [-0.39, 0.29) is 6.03 Å². The van der Waals surface area contributed by atoms with E-state index >= 15 is 0 Å². The average molecular weight is 345 g/mol. The quantitative estimate of drug-likeness (QED) is 0.820. The van der Waals surface area contributed by atoms with Gasteiger partial charge in [-0.15, -0.1) is 0 Å². The summed E-state index contributed by atoms with van der Waals surface area (Å²) < 4.78 is 0.984. The van der Waals surface area contributed by atoms with Gasteiger partial charge in [-0.05, 0) is 48.7 Å². The van der Waals surface area contributed by atoms with Crippen LogP contribution in [0.3, 0.4) is 0 Å². The molecule has 108 valence electrons. The smallest absolute Gasteiger partial charge is 0.314 e. The third kappa shape index (κ3) is 4.46. The van der Waals surface area contributed by atoms with E-state index in [9.17, 15) is 4.79 Å². The Labute approximate surface area is 133 Å². The molecule has 2 rings (SSSR count). The Morgan fingerprint density at radius 3 is 2.67 bits per heavy atom. The van der Waals surface area contributed by atoms with E-state index < -0.39 is 0 Å². The first-order valence-corrected chi connectivity index (χ1v) is 7.41. The van der Waals surface area contributed by atoms with E-state index in [2.05, 4.69) is 26.6 Å². The maximum Gasteiger partial charge on any atom is 0.323 e. The Balaban J connectivity index is 1.96. The van der Waals surface area contributed by atoms with Crippen molar-refractivity contribution in [2.75, 3.05) is 5.32 Å². The number of hydrogen-bond donors (Lipinski definition) is 2. The van der Waals surface area contributed by atoms with Gasteiger partial charge in [0.15, 0.2) is 0 Å². The van der Waals surface area contributed by atoms with Gasteiger partial charge in [0.1, 0.15) is 0 Å². The Morgan fingerprint density at radius 1 is 1.14 bits per heavy atom. The molecule has 0 unspecified atom stereocenters. The molecule has 0 spiro atoms. The van der Waals surface area contributed by atoms with Crippen molar-refractivity contribution in [3.05, 3.63) is 69.8 Å². The second-order valence-corrected chi connectivity index (χ2v) is 5.63. The SMILES string of the molecule is Cc1ccc(C)c(NC(=O)N/C=C/c2ccccc2Br)c1. The second kappa shape index (κ2) is 7.09. The van der Waals surface area contributed by atoms with E-state index in [4.69, 9.17) is 0 Å². The van der Waals surface area contributed by atoms with E-state index in [1.165, 1.54) is 0 Å². The van der Waals surface area contributed by atoms with Crippen LogP contribution >= 0.6 is 15.9 Å². The number of hydrogen-bond acceptors (Lipinski definition) is 1. The van der Waals surface area contributed by atoms with Gasteiger partial charge in [0.2, 0.25) is 0 Å². The first-order valence-electron chi connectivity index (χ1n) is 6.62. The molecule has 4 heteroatoms. The normalized spacial score (nSPS) is 10.6. The van der Waals surface area contributed by atoms with Gasteiger partial charge in [-0.1, -0.05) is 46.3 Å². The number of amides is 2. The van der Waals surface area contributed by atoms with Crippen LogP contribution in [0.25, 0.3) is 6.08 Å². The van der Waals surface area contributed by atoms with E-state index in [1.807, 2.05) is 62.4 Å². The van der Waals surface area contributed by atoms with Crippen molar-refractivity contribution in [3.63, 3.8) is 0 Å². The minimum absolute atomic E-state index is 0.257. The highest BCUT2D eigenvalue weighted by Gasteiger charge is 2.02. The topological polar surface area (TPSA) is 41.1 Å². The highest BCUT2D eigenvalue weighted by atomic mass is 79.9. The maximum atomic E-state index is 11.9. The molecule has 3 nitrogen and oxygen atoms in total. The first kappa shape index (κ1) is 15.3. The van der Waals surface area contributed by atoms with Crippen molar-refractivity contribution in [2.24, 2.45) is 0 Å². The highest BCUT2D eigenvalue weighted by Crippen LogP contribution is 2.17. The van der Waals surface area contributed by atoms with Crippen LogP contribution in [0.1, 0.15) is 16.7 Å². The summed E-state index contributed by atoms with van der Waals surface area (Å²) in [5.41, 5.74) is 3.97. The number of anilines is 1. The molecular weight excluding hydrogens is 328 g/mol. The minimum atomic E-state index is -0.257. The predicted molar refractivity (Wildman–Crippen MR) is 91.2 cm³/mol. The number of halogens is 1. The molecule has 0 aliphatic heterocycles. The van der Waals surface area contributed by atoms with E-state index in [0.29, 0.717) is 0 Å². The Kier molecular flexibility index (Phi) is 5.17. The molecule has 0 aliphatic carbocycles. The van der Waals surface area contributed by atoms with Crippen LogP contribution in [0.4, 0.5) is 10.5 Å². The molecule has 0 heterocycles. The fourth-order valence-electron chi connectivity index (χ4n) is 1.85. The van der Waals surface area contributed by atoms with Crippen LogP contribution in [0.5, 0.6) is 0 Å². The Bertz CT molecular complexity index is 680. The van der Waals surface area contributed by atoms with Gasteiger partial charge in [0.05, 0.1) is 0 Å². The molecule has 2 aromatic carbocycles.